The van der Waals surface area contributed by atoms with Crippen LogP contribution in [0.3, 0.4) is 0 Å². The minimum absolute atomic E-state index is 0.0528. The highest BCUT2D eigenvalue weighted by atomic mass is 16.5. The quantitative estimate of drug-likeness (QED) is 0.777. The number of urea groups is 1. The number of fused-ring (bicyclic) bond motifs is 1. The Morgan fingerprint density at radius 1 is 1.18 bits per heavy atom. The highest BCUT2D eigenvalue weighted by molar-refractivity contribution is 6.04. The molecule has 3 amide bonds. The van der Waals surface area contributed by atoms with E-state index < -0.39 is 0 Å². The average molecular weight is 304 g/mol. The van der Waals surface area contributed by atoms with Gasteiger partial charge >= 0.3 is 6.03 Å². The zero-order valence-corrected chi connectivity index (χ0v) is 12.9. The van der Waals surface area contributed by atoms with Crippen LogP contribution in [0.4, 0.5) is 4.79 Å². The summed E-state index contributed by atoms with van der Waals surface area (Å²) in [5, 5.41) is 0. The summed E-state index contributed by atoms with van der Waals surface area (Å²) in [6.45, 7) is 1.10. The number of amides is 3. The van der Waals surface area contributed by atoms with Gasteiger partial charge in [0.1, 0.15) is 6.04 Å². The van der Waals surface area contributed by atoms with Crippen molar-refractivity contribution in [1.82, 2.24) is 9.80 Å². The molecule has 1 aromatic carbocycles. The van der Waals surface area contributed by atoms with E-state index in [2.05, 4.69) is 0 Å². The molecule has 2 aliphatic rings. The monoisotopic (exact) mass is 304 g/mol. The minimum Gasteiger partial charge on any atom is -0.493 e. The SMILES string of the molecule is COc1ccc(CCN2C(=O)C3CCCN3C2=O)cc1OC. The number of carbonyl (C=O) groups excluding carboxylic acids is 2. The molecule has 22 heavy (non-hydrogen) atoms. The van der Waals surface area contributed by atoms with Crippen LogP contribution in [0.5, 0.6) is 11.5 Å². The molecular formula is C16H20N2O4. The molecule has 2 heterocycles. The third kappa shape index (κ3) is 2.38. The topological polar surface area (TPSA) is 59.1 Å². The predicted molar refractivity (Wildman–Crippen MR) is 80.1 cm³/mol. The summed E-state index contributed by atoms with van der Waals surface area (Å²) in [5.74, 6) is 1.27. The van der Waals surface area contributed by atoms with Gasteiger partial charge in [-0.2, -0.15) is 0 Å². The standard InChI is InChI=1S/C16H20N2O4/c1-21-13-6-5-11(10-14(13)22-2)7-9-18-15(19)12-4-3-8-17(12)16(18)20/h5-6,10,12H,3-4,7-9H2,1-2H3. The second-order valence-electron chi connectivity index (χ2n) is 5.56. The van der Waals surface area contributed by atoms with Crippen molar-refractivity contribution >= 4 is 11.9 Å². The molecule has 1 atom stereocenters. The van der Waals surface area contributed by atoms with Gasteiger partial charge in [-0.25, -0.2) is 4.79 Å². The highest BCUT2D eigenvalue weighted by Crippen LogP contribution is 2.29. The van der Waals surface area contributed by atoms with E-state index in [4.69, 9.17) is 9.47 Å². The smallest absolute Gasteiger partial charge is 0.327 e. The fourth-order valence-corrected chi connectivity index (χ4v) is 3.16. The molecule has 0 bridgehead atoms. The molecule has 2 aliphatic heterocycles. The molecule has 1 aromatic rings. The Morgan fingerprint density at radius 2 is 1.95 bits per heavy atom. The number of nitrogens with zero attached hydrogens (tertiary/aromatic N) is 2. The summed E-state index contributed by atoms with van der Waals surface area (Å²) in [5.41, 5.74) is 1.00. The van der Waals surface area contributed by atoms with Gasteiger partial charge in [-0.15, -0.1) is 0 Å². The van der Waals surface area contributed by atoms with Gasteiger partial charge in [0.05, 0.1) is 14.2 Å². The second-order valence-corrected chi connectivity index (χ2v) is 5.56. The zero-order valence-electron chi connectivity index (χ0n) is 12.9. The van der Waals surface area contributed by atoms with E-state index in [1.807, 2.05) is 18.2 Å². The minimum atomic E-state index is -0.224. The summed E-state index contributed by atoms with van der Waals surface area (Å²) in [4.78, 5) is 27.6. The molecule has 0 radical (unpaired) electrons. The van der Waals surface area contributed by atoms with E-state index >= 15 is 0 Å². The number of ether oxygens (including phenoxy) is 2. The molecule has 0 saturated carbocycles. The van der Waals surface area contributed by atoms with E-state index in [1.54, 1.807) is 19.1 Å². The molecule has 0 aliphatic carbocycles. The van der Waals surface area contributed by atoms with Crippen molar-refractivity contribution in [2.75, 3.05) is 27.3 Å². The molecule has 6 nitrogen and oxygen atoms in total. The van der Waals surface area contributed by atoms with Crippen LogP contribution < -0.4 is 9.47 Å². The van der Waals surface area contributed by atoms with Crippen LogP contribution in [-0.4, -0.2) is 55.1 Å². The first-order valence-corrected chi connectivity index (χ1v) is 7.48. The number of rotatable bonds is 5. The Kier molecular flexibility index (Phi) is 3.92. The maximum Gasteiger partial charge on any atom is 0.327 e. The zero-order chi connectivity index (χ0) is 15.7. The molecule has 118 valence electrons. The maximum atomic E-state index is 12.3. The van der Waals surface area contributed by atoms with Crippen LogP contribution in [0.15, 0.2) is 18.2 Å². The van der Waals surface area contributed by atoms with Crippen LogP contribution in [0.1, 0.15) is 18.4 Å². The Hall–Kier alpha value is -2.24. The van der Waals surface area contributed by atoms with E-state index in [0.717, 1.165) is 18.4 Å². The largest absolute Gasteiger partial charge is 0.493 e. The van der Waals surface area contributed by atoms with Crippen LogP contribution in [0.25, 0.3) is 0 Å². The Morgan fingerprint density at radius 3 is 2.64 bits per heavy atom. The lowest BCUT2D eigenvalue weighted by atomic mass is 10.1. The van der Waals surface area contributed by atoms with Gasteiger partial charge in [0.2, 0.25) is 0 Å². The normalized spacial score (nSPS) is 20.5. The van der Waals surface area contributed by atoms with Crippen molar-refractivity contribution < 1.29 is 19.1 Å². The van der Waals surface area contributed by atoms with Crippen LogP contribution in [0, 0.1) is 0 Å². The number of hydrogen-bond donors (Lipinski definition) is 0. The van der Waals surface area contributed by atoms with Crippen LogP contribution in [-0.2, 0) is 11.2 Å². The molecule has 2 fully saturated rings. The predicted octanol–water partition coefficient (Wildman–Crippen LogP) is 1.67. The summed E-state index contributed by atoms with van der Waals surface area (Å²) in [6.07, 6.45) is 2.32. The van der Waals surface area contributed by atoms with Crippen LogP contribution in [0.2, 0.25) is 0 Å². The summed E-state index contributed by atoms with van der Waals surface area (Å²) < 4.78 is 10.5. The number of methoxy groups -OCH3 is 2. The highest BCUT2D eigenvalue weighted by Gasteiger charge is 2.46. The van der Waals surface area contributed by atoms with Gasteiger partial charge in [-0.1, -0.05) is 6.07 Å². The van der Waals surface area contributed by atoms with Gasteiger partial charge in [-0.3, -0.25) is 9.69 Å². The number of carbonyl (C=O) groups is 2. The fourth-order valence-electron chi connectivity index (χ4n) is 3.16. The second kappa shape index (κ2) is 5.87. The number of benzene rings is 1. The van der Waals surface area contributed by atoms with Gasteiger partial charge < -0.3 is 14.4 Å². The van der Waals surface area contributed by atoms with Crippen LogP contribution >= 0.6 is 0 Å². The molecule has 6 heteroatoms. The molecule has 3 rings (SSSR count). The molecular weight excluding hydrogens is 284 g/mol. The number of hydrogen-bond acceptors (Lipinski definition) is 4. The first-order chi connectivity index (χ1) is 10.7. The fraction of sp³-hybridized carbons (Fsp3) is 0.500. The van der Waals surface area contributed by atoms with Gasteiger partial charge in [0, 0.05) is 13.1 Å². The molecule has 0 N–H and O–H groups in total. The van der Waals surface area contributed by atoms with Crippen molar-refractivity contribution in [3.05, 3.63) is 23.8 Å². The van der Waals surface area contributed by atoms with Gasteiger partial charge in [0.25, 0.3) is 5.91 Å². The molecule has 2 saturated heterocycles. The maximum absolute atomic E-state index is 12.3. The van der Waals surface area contributed by atoms with E-state index in [-0.39, 0.29) is 18.0 Å². The first kappa shape index (κ1) is 14.7. The van der Waals surface area contributed by atoms with Crippen molar-refractivity contribution in [2.24, 2.45) is 0 Å². The van der Waals surface area contributed by atoms with Crippen molar-refractivity contribution in [2.45, 2.75) is 25.3 Å². The summed E-state index contributed by atoms with van der Waals surface area (Å²) >= 11 is 0. The van der Waals surface area contributed by atoms with Gasteiger partial charge in [0.15, 0.2) is 11.5 Å². The number of imide groups is 1. The van der Waals surface area contributed by atoms with E-state index in [9.17, 15) is 9.59 Å². The molecule has 0 aromatic heterocycles. The summed E-state index contributed by atoms with van der Waals surface area (Å²) in [6, 6.07) is 5.27. The van der Waals surface area contributed by atoms with Crippen molar-refractivity contribution in [3.8, 4) is 11.5 Å². The first-order valence-electron chi connectivity index (χ1n) is 7.48. The lowest BCUT2D eigenvalue weighted by molar-refractivity contribution is -0.127. The van der Waals surface area contributed by atoms with E-state index in [0.29, 0.717) is 31.0 Å². The molecule has 0 spiro atoms. The van der Waals surface area contributed by atoms with E-state index in [1.165, 1.54) is 4.90 Å². The van der Waals surface area contributed by atoms with Crippen molar-refractivity contribution in [1.29, 1.82) is 0 Å². The van der Waals surface area contributed by atoms with Gasteiger partial charge in [-0.05, 0) is 37.0 Å². The Labute approximate surface area is 129 Å². The lowest BCUT2D eigenvalue weighted by Crippen LogP contribution is -2.34. The summed E-state index contributed by atoms with van der Waals surface area (Å²) in [7, 11) is 3.18. The Balaban J connectivity index is 1.68. The van der Waals surface area contributed by atoms with Crippen molar-refractivity contribution in [3.63, 3.8) is 0 Å². The lowest BCUT2D eigenvalue weighted by Gasteiger charge is -2.16. The third-order valence-electron chi connectivity index (χ3n) is 4.35. The average Bonchev–Trinajstić information content (AvgIpc) is 3.10. The molecule has 1 unspecified atom stereocenters. The third-order valence-corrected chi connectivity index (χ3v) is 4.35. The Bertz CT molecular complexity index is 580.